The summed E-state index contributed by atoms with van der Waals surface area (Å²) in [4.78, 5) is 11.9. The zero-order chi connectivity index (χ0) is 11.5. The van der Waals surface area contributed by atoms with E-state index in [1.54, 1.807) is 10.9 Å². The zero-order valence-corrected chi connectivity index (χ0v) is 12.5. The molecule has 2 aromatic rings. The Morgan fingerprint density at radius 3 is 2.44 bits per heavy atom. The molecule has 1 aromatic carbocycles. The quantitative estimate of drug-likeness (QED) is 0.546. The van der Waals surface area contributed by atoms with Crippen LogP contribution in [0.4, 0.5) is 0 Å². The van der Waals surface area contributed by atoms with Crippen molar-refractivity contribution >= 4 is 51.0 Å². The number of aromatic nitrogens is 2. The van der Waals surface area contributed by atoms with E-state index in [2.05, 4.69) is 50.3 Å². The fourth-order valence-electron chi connectivity index (χ4n) is 1.30. The molecule has 0 bridgehead atoms. The van der Waals surface area contributed by atoms with Crippen molar-refractivity contribution in [3.63, 3.8) is 0 Å². The van der Waals surface area contributed by atoms with Crippen LogP contribution in [0.25, 0.3) is 0 Å². The molecule has 82 valence electrons. The van der Waals surface area contributed by atoms with Crippen LogP contribution < -0.4 is 0 Å². The minimum Gasteiger partial charge on any atom is -0.292 e. The molecule has 0 aliphatic rings. The number of carbonyl (C=O) groups excluding carboxylic acids is 1. The lowest BCUT2D eigenvalue weighted by molar-refractivity contribution is 0.0967. The van der Waals surface area contributed by atoms with Gasteiger partial charge in [0.25, 0.3) is 0 Å². The fraction of sp³-hybridized carbons (Fsp3) is 0.0909. The predicted octanol–water partition coefficient (Wildman–Crippen LogP) is 2.98. The number of carbonyl (C=O) groups is 1. The van der Waals surface area contributed by atoms with Gasteiger partial charge >= 0.3 is 0 Å². The lowest BCUT2D eigenvalue weighted by atomic mass is 10.1. The van der Waals surface area contributed by atoms with Crippen LogP contribution in [0, 0.1) is 7.14 Å². The van der Waals surface area contributed by atoms with Gasteiger partial charge in [-0.2, -0.15) is 5.10 Å². The van der Waals surface area contributed by atoms with Gasteiger partial charge in [0.1, 0.15) is 6.54 Å². The van der Waals surface area contributed by atoms with Gasteiger partial charge in [-0.3, -0.25) is 9.48 Å². The number of halogens is 2. The van der Waals surface area contributed by atoms with Crippen molar-refractivity contribution in [3.05, 3.63) is 49.4 Å². The summed E-state index contributed by atoms with van der Waals surface area (Å²) in [7, 11) is 0. The van der Waals surface area contributed by atoms with Gasteiger partial charge in [-0.05, 0) is 57.3 Å². The highest BCUT2D eigenvalue weighted by Gasteiger charge is 2.07. The first-order valence-corrected chi connectivity index (χ1v) is 6.77. The Hall–Kier alpha value is -0.440. The van der Waals surface area contributed by atoms with Crippen molar-refractivity contribution in [1.29, 1.82) is 0 Å². The number of benzene rings is 1. The molecule has 0 atom stereocenters. The molecule has 0 fully saturated rings. The second-order valence-corrected chi connectivity index (χ2v) is 5.78. The van der Waals surface area contributed by atoms with E-state index in [9.17, 15) is 4.79 Å². The van der Waals surface area contributed by atoms with Crippen LogP contribution in [0.1, 0.15) is 10.4 Å². The van der Waals surface area contributed by atoms with Crippen LogP contribution in [-0.2, 0) is 6.54 Å². The zero-order valence-electron chi connectivity index (χ0n) is 8.23. The number of rotatable bonds is 3. The molecular formula is C11H8I2N2O. The van der Waals surface area contributed by atoms with Gasteiger partial charge in [-0.15, -0.1) is 0 Å². The van der Waals surface area contributed by atoms with E-state index in [0.29, 0.717) is 6.54 Å². The summed E-state index contributed by atoms with van der Waals surface area (Å²) in [6, 6.07) is 7.55. The van der Waals surface area contributed by atoms with E-state index < -0.39 is 0 Å². The number of nitrogens with zero attached hydrogens (tertiary/aromatic N) is 2. The minimum atomic E-state index is 0.0795. The fourth-order valence-corrected chi connectivity index (χ4v) is 2.10. The van der Waals surface area contributed by atoms with Crippen molar-refractivity contribution in [3.8, 4) is 0 Å². The SMILES string of the molecule is O=C(Cn1cc(I)cn1)c1ccc(I)cc1. The van der Waals surface area contributed by atoms with Crippen molar-refractivity contribution in [2.45, 2.75) is 6.54 Å². The third kappa shape index (κ3) is 3.03. The molecule has 3 nitrogen and oxygen atoms in total. The van der Waals surface area contributed by atoms with Gasteiger partial charge in [-0.25, -0.2) is 0 Å². The maximum atomic E-state index is 11.9. The molecule has 0 unspecified atom stereocenters. The van der Waals surface area contributed by atoms with E-state index >= 15 is 0 Å². The van der Waals surface area contributed by atoms with Crippen molar-refractivity contribution in [1.82, 2.24) is 9.78 Å². The van der Waals surface area contributed by atoms with Crippen LogP contribution in [0.5, 0.6) is 0 Å². The lowest BCUT2D eigenvalue weighted by Gasteiger charge is -2.01. The third-order valence-electron chi connectivity index (χ3n) is 2.07. The molecule has 5 heteroatoms. The summed E-state index contributed by atoms with van der Waals surface area (Å²) in [5.41, 5.74) is 0.728. The molecule has 0 amide bonds. The van der Waals surface area contributed by atoms with Gasteiger partial charge in [0.15, 0.2) is 5.78 Å². The van der Waals surface area contributed by atoms with E-state index in [4.69, 9.17) is 0 Å². The van der Waals surface area contributed by atoms with E-state index in [-0.39, 0.29) is 5.78 Å². The second kappa shape index (κ2) is 5.26. The number of Topliss-reactive ketones (excluding diaryl/α,β-unsaturated/α-hetero) is 1. The molecule has 0 aliphatic carbocycles. The van der Waals surface area contributed by atoms with Gasteiger partial charge in [0.2, 0.25) is 0 Å². The van der Waals surface area contributed by atoms with Crippen molar-refractivity contribution in [2.75, 3.05) is 0 Å². The first-order chi connectivity index (χ1) is 7.65. The van der Waals surface area contributed by atoms with Gasteiger partial charge < -0.3 is 0 Å². The van der Waals surface area contributed by atoms with Crippen LogP contribution in [0.2, 0.25) is 0 Å². The Balaban J connectivity index is 2.11. The highest BCUT2D eigenvalue weighted by molar-refractivity contribution is 14.1. The van der Waals surface area contributed by atoms with E-state index in [0.717, 1.165) is 12.7 Å². The lowest BCUT2D eigenvalue weighted by Crippen LogP contribution is -2.10. The van der Waals surface area contributed by atoms with E-state index in [1.807, 2.05) is 30.5 Å². The molecule has 0 spiro atoms. The highest BCUT2D eigenvalue weighted by atomic mass is 127. The molecule has 0 radical (unpaired) electrons. The summed E-state index contributed by atoms with van der Waals surface area (Å²) >= 11 is 4.39. The minimum absolute atomic E-state index is 0.0795. The van der Waals surface area contributed by atoms with Crippen molar-refractivity contribution < 1.29 is 4.79 Å². The molecule has 2 rings (SSSR count). The molecule has 0 aliphatic heterocycles. The Morgan fingerprint density at radius 1 is 1.19 bits per heavy atom. The summed E-state index contributed by atoms with van der Waals surface area (Å²) in [5.74, 6) is 0.0795. The van der Waals surface area contributed by atoms with Crippen LogP contribution in [-0.4, -0.2) is 15.6 Å². The number of hydrogen-bond acceptors (Lipinski definition) is 2. The van der Waals surface area contributed by atoms with E-state index in [1.165, 1.54) is 0 Å². The molecule has 1 aromatic heterocycles. The van der Waals surface area contributed by atoms with Gasteiger partial charge in [-0.1, -0.05) is 12.1 Å². The Morgan fingerprint density at radius 2 is 1.88 bits per heavy atom. The van der Waals surface area contributed by atoms with Crippen molar-refractivity contribution in [2.24, 2.45) is 0 Å². The summed E-state index contributed by atoms with van der Waals surface area (Å²) in [5, 5.41) is 4.09. The Bertz CT molecular complexity index is 505. The maximum Gasteiger partial charge on any atom is 0.184 e. The molecule has 0 saturated carbocycles. The first kappa shape index (κ1) is 12.0. The number of ketones is 1. The average Bonchev–Trinajstić information content (AvgIpc) is 2.65. The first-order valence-electron chi connectivity index (χ1n) is 4.62. The highest BCUT2D eigenvalue weighted by Crippen LogP contribution is 2.09. The second-order valence-electron chi connectivity index (χ2n) is 3.29. The topological polar surface area (TPSA) is 34.9 Å². The predicted molar refractivity (Wildman–Crippen MR) is 78.4 cm³/mol. The smallest absolute Gasteiger partial charge is 0.184 e. The molecular weight excluding hydrogens is 430 g/mol. The normalized spacial score (nSPS) is 10.4. The number of hydrogen-bond donors (Lipinski definition) is 0. The standard InChI is InChI=1S/C11H8I2N2O/c12-9-3-1-8(2-4-9)11(16)7-15-6-10(13)5-14-15/h1-6H,7H2. The average molecular weight is 438 g/mol. The van der Waals surface area contributed by atoms with Crippen LogP contribution >= 0.6 is 45.2 Å². The molecule has 16 heavy (non-hydrogen) atoms. The van der Waals surface area contributed by atoms with Crippen LogP contribution in [0.15, 0.2) is 36.7 Å². The summed E-state index contributed by atoms with van der Waals surface area (Å²) < 4.78 is 3.82. The Kier molecular flexibility index (Phi) is 3.95. The largest absolute Gasteiger partial charge is 0.292 e. The van der Waals surface area contributed by atoms with Gasteiger partial charge in [0, 0.05) is 15.3 Å². The molecule has 0 saturated heterocycles. The monoisotopic (exact) mass is 438 g/mol. The van der Waals surface area contributed by atoms with Gasteiger partial charge in [0.05, 0.1) is 9.77 Å². The van der Waals surface area contributed by atoms with Crippen LogP contribution in [0.3, 0.4) is 0 Å². The molecule has 0 N–H and O–H groups in total. The summed E-state index contributed by atoms with van der Waals surface area (Å²) in [6.07, 6.45) is 3.59. The Labute approximate surface area is 121 Å². The third-order valence-corrected chi connectivity index (χ3v) is 3.35. The summed E-state index contributed by atoms with van der Waals surface area (Å²) in [6.45, 7) is 0.295. The maximum absolute atomic E-state index is 11.9. The molecule has 1 heterocycles.